The molecule has 1 aliphatic rings. The van der Waals surface area contributed by atoms with Crippen molar-refractivity contribution in [2.24, 2.45) is 5.73 Å². The summed E-state index contributed by atoms with van der Waals surface area (Å²) in [6.45, 7) is 2.04. The van der Waals surface area contributed by atoms with E-state index in [1.807, 2.05) is 31.2 Å². The summed E-state index contributed by atoms with van der Waals surface area (Å²) < 4.78 is 5.23. The lowest BCUT2D eigenvalue weighted by Crippen LogP contribution is -2.14. The van der Waals surface area contributed by atoms with E-state index < -0.39 is 0 Å². The Bertz CT molecular complexity index is 531. The molecule has 0 radical (unpaired) electrons. The summed E-state index contributed by atoms with van der Waals surface area (Å²) >= 11 is 0. The Labute approximate surface area is 99.8 Å². The molecule has 0 aliphatic heterocycles. The molecule has 4 heteroatoms. The van der Waals surface area contributed by atoms with Crippen LogP contribution in [0.4, 0.5) is 0 Å². The molecule has 0 spiro atoms. The van der Waals surface area contributed by atoms with Gasteiger partial charge in [-0.05, 0) is 30.9 Å². The summed E-state index contributed by atoms with van der Waals surface area (Å²) in [5, 5.41) is 3.98. The molecule has 0 saturated heterocycles. The summed E-state index contributed by atoms with van der Waals surface area (Å²) in [5.74, 6) is 1.80. The van der Waals surface area contributed by atoms with Crippen LogP contribution in [0.3, 0.4) is 0 Å². The number of nitrogens with zero attached hydrogens (tertiary/aromatic N) is 2. The molecule has 1 fully saturated rings. The lowest BCUT2D eigenvalue weighted by molar-refractivity contribution is 0.372. The van der Waals surface area contributed by atoms with Crippen molar-refractivity contribution in [3.05, 3.63) is 47.1 Å². The average Bonchev–Trinajstić information content (AvgIpc) is 3.07. The van der Waals surface area contributed by atoms with Gasteiger partial charge in [0.15, 0.2) is 5.82 Å². The molecule has 88 valence electrons. The van der Waals surface area contributed by atoms with Gasteiger partial charge >= 0.3 is 0 Å². The van der Waals surface area contributed by atoms with E-state index in [4.69, 9.17) is 10.3 Å². The van der Waals surface area contributed by atoms with E-state index in [-0.39, 0.29) is 6.04 Å². The maximum Gasteiger partial charge on any atom is 0.229 e. The SMILES string of the molecule is Cc1ccccc1C(N)c1noc(C2CC2)n1. The Morgan fingerprint density at radius 1 is 1.35 bits per heavy atom. The molecule has 1 heterocycles. The fourth-order valence-corrected chi connectivity index (χ4v) is 1.94. The van der Waals surface area contributed by atoms with Crippen molar-refractivity contribution >= 4 is 0 Å². The number of aryl methyl sites for hydroxylation is 1. The van der Waals surface area contributed by atoms with Crippen molar-refractivity contribution in [2.45, 2.75) is 31.7 Å². The van der Waals surface area contributed by atoms with Gasteiger partial charge in [0.2, 0.25) is 5.89 Å². The Balaban J connectivity index is 1.89. The largest absolute Gasteiger partial charge is 0.339 e. The monoisotopic (exact) mass is 229 g/mol. The van der Waals surface area contributed by atoms with E-state index in [9.17, 15) is 0 Å². The molecule has 0 bridgehead atoms. The molecule has 17 heavy (non-hydrogen) atoms. The number of rotatable bonds is 3. The highest BCUT2D eigenvalue weighted by Crippen LogP contribution is 2.39. The smallest absolute Gasteiger partial charge is 0.229 e. The van der Waals surface area contributed by atoms with Gasteiger partial charge < -0.3 is 10.3 Å². The van der Waals surface area contributed by atoms with Crippen LogP contribution in [0, 0.1) is 6.92 Å². The molecular formula is C13H15N3O. The predicted molar refractivity (Wildman–Crippen MR) is 63.5 cm³/mol. The van der Waals surface area contributed by atoms with Gasteiger partial charge in [-0.2, -0.15) is 4.98 Å². The molecule has 1 unspecified atom stereocenters. The lowest BCUT2D eigenvalue weighted by atomic mass is 10.0. The number of benzene rings is 1. The van der Waals surface area contributed by atoms with Crippen molar-refractivity contribution in [3.8, 4) is 0 Å². The van der Waals surface area contributed by atoms with Crippen LogP contribution in [0.15, 0.2) is 28.8 Å². The number of hydrogen-bond acceptors (Lipinski definition) is 4. The first-order valence-corrected chi connectivity index (χ1v) is 5.90. The molecule has 1 atom stereocenters. The number of aromatic nitrogens is 2. The summed E-state index contributed by atoms with van der Waals surface area (Å²) in [7, 11) is 0. The minimum Gasteiger partial charge on any atom is -0.339 e. The van der Waals surface area contributed by atoms with Crippen LogP contribution < -0.4 is 5.73 Å². The zero-order chi connectivity index (χ0) is 11.8. The zero-order valence-corrected chi connectivity index (χ0v) is 9.76. The topological polar surface area (TPSA) is 64.9 Å². The van der Waals surface area contributed by atoms with Crippen LogP contribution in [0.25, 0.3) is 0 Å². The molecule has 0 amide bonds. The molecule has 1 aromatic carbocycles. The summed E-state index contributed by atoms with van der Waals surface area (Å²) in [4.78, 5) is 4.39. The predicted octanol–water partition coefficient (Wildman–Crippen LogP) is 2.30. The van der Waals surface area contributed by atoms with Crippen molar-refractivity contribution in [1.82, 2.24) is 10.1 Å². The van der Waals surface area contributed by atoms with E-state index in [2.05, 4.69) is 10.1 Å². The first-order valence-electron chi connectivity index (χ1n) is 5.90. The van der Waals surface area contributed by atoms with Gasteiger partial charge in [0.05, 0.1) is 6.04 Å². The Morgan fingerprint density at radius 3 is 2.82 bits per heavy atom. The molecule has 1 aliphatic carbocycles. The minimum absolute atomic E-state index is 0.299. The zero-order valence-electron chi connectivity index (χ0n) is 9.76. The highest BCUT2D eigenvalue weighted by atomic mass is 16.5. The van der Waals surface area contributed by atoms with E-state index in [0.717, 1.165) is 29.9 Å². The lowest BCUT2D eigenvalue weighted by Gasteiger charge is -2.10. The Morgan fingerprint density at radius 2 is 2.12 bits per heavy atom. The molecular weight excluding hydrogens is 214 g/mol. The minimum atomic E-state index is -0.299. The van der Waals surface area contributed by atoms with Crippen LogP contribution in [-0.2, 0) is 0 Å². The standard InChI is InChI=1S/C13H15N3O/c1-8-4-2-3-5-10(8)11(14)12-15-13(17-16-12)9-6-7-9/h2-5,9,11H,6-7,14H2,1H3. The third-order valence-corrected chi connectivity index (χ3v) is 3.19. The van der Waals surface area contributed by atoms with Gasteiger partial charge in [0.1, 0.15) is 0 Å². The maximum absolute atomic E-state index is 6.17. The van der Waals surface area contributed by atoms with Gasteiger partial charge in [0.25, 0.3) is 0 Å². The van der Waals surface area contributed by atoms with Crippen molar-refractivity contribution < 1.29 is 4.52 Å². The fraction of sp³-hybridized carbons (Fsp3) is 0.385. The quantitative estimate of drug-likeness (QED) is 0.877. The average molecular weight is 229 g/mol. The second kappa shape index (κ2) is 3.96. The summed E-state index contributed by atoms with van der Waals surface area (Å²) in [6.07, 6.45) is 2.31. The molecule has 3 rings (SSSR count). The normalized spacial score (nSPS) is 17.1. The van der Waals surface area contributed by atoms with Crippen LogP contribution in [-0.4, -0.2) is 10.1 Å². The third kappa shape index (κ3) is 1.96. The van der Waals surface area contributed by atoms with Crippen LogP contribution >= 0.6 is 0 Å². The third-order valence-electron chi connectivity index (χ3n) is 3.19. The maximum atomic E-state index is 6.17. The second-order valence-corrected chi connectivity index (χ2v) is 4.60. The van der Waals surface area contributed by atoms with E-state index in [1.54, 1.807) is 0 Å². The summed E-state index contributed by atoms with van der Waals surface area (Å²) in [6, 6.07) is 7.72. The van der Waals surface area contributed by atoms with Gasteiger partial charge in [-0.3, -0.25) is 0 Å². The molecule has 1 saturated carbocycles. The Hall–Kier alpha value is -1.68. The summed E-state index contributed by atoms with van der Waals surface area (Å²) in [5.41, 5.74) is 8.37. The molecule has 2 N–H and O–H groups in total. The van der Waals surface area contributed by atoms with E-state index in [0.29, 0.717) is 11.7 Å². The second-order valence-electron chi connectivity index (χ2n) is 4.60. The van der Waals surface area contributed by atoms with Crippen molar-refractivity contribution in [3.63, 3.8) is 0 Å². The molecule has 1 aromatic heterocycles. The molecule has 2 aromatic rings. The number of hydrogen-bond donors (Lipinski definition) is 1. The Kier molecular flexibility index (Phi) is 2.44. The van der Waals surface area contributed by atoms with Crippen molar-refractivity contribution in [2.75, 3.05) is 0 Å². The van der Waals surface area contributed by atoms with Gasteiger partial charge in [0, 0.05) is 5.92 Å². The van der Waals surface area contributed by atoms with Gasteiger partial charge in [-0.25, -0.2) is 0 Å². The van der Waals surface area contributed by atoms with E-state index >= 15 is 0 Å². The van der Waals surface area contributed by atoms with Crippen LogP contribution in [0.5, 0.6) is 0 Å². The van der Waals surface area contributed by atoms with Crippen LogP contribution in [0.2, 0.25) is 0 Å². The first kappa shape index (κ1) is 10.5. The fourth-order valence-electron chi connectivity index (χ4n) is 1.94. The van der Waals surface area contributed by atoms with E-state index in [1.165, 1.54) is 0 Å². The highest BCUT2D eigenvalue weighted by Gasteiger charge is 2.30. The van der Waals surface area contributed by atoms with Gasteiger partial charge in [-0.15, -0.1) is 0 Å². The van der Waals surface area contributed by atoms with Crippen molar-refractivity contribution in [1.29, 1.82) is 0 Å². The number of nitrogens with two attached hydrogens (primary N) is 1. The molecule has 4 nitrogen and oxygen atoms in total. The highest BCUT2D eigenvalue weighted by molar-refractivity contribution is 5.31. The van der Waals surface area contributed by atoms with Crippen LogP contribution in [0.1, 0.15) is 47.6 Å². The van der Waals surface area contributed by atoms with Gasteiger partial charge in [-0.1, -0.05) is 29.4 Å². The first-order chi connectivity index (χ1) is 8.25.